The Labute approximate surface area is 124 Å². The van der Waals surface area contributed by atoms with Gasteiger partial charge in [0.15, 0.2) is 10.8 Å². The van der Waals surface area contributed by atoms with Crippen molar-refractivity contribution in [3.05, 3.63) is 11.9 Å². The van der Waals surface area contributed by atoms with Crippen LogP contribution < -0.4 is 16.4 Å². The third kappa shape index (κ3) is 3.69. The highest BCUT2D eigenvalue weighted by Gasteiger charge is 2.17. The van der Waals surface area contributed by atoms with Gasteiger partial charge in [-0.05, 0) is 32.0 Å². The van der Waals surface area contributed by atoms with Crippen molar-refractivity contribution in [2.45, 2.75) is 51.6 Å². The summed E-state index contributed by atoms with van der Waals surface area (Å²) in [6, 6.07) is 0.419. The molecule has 20 heavy (non-hydrogen) atoms. The lowest BCUT2D eigenvalue weighted by Gasteiger charge is -2.24. The van der Waals surface area contributed by atoms with E-state index in [0.717, 1.165) is 12.8 Å². The second-order valence-electron chi connectivity index (χ2n) is 5.04. The number of aryl methyl sites for hydroxylation is 1. The van der Waals surface area contributed by atoms with E-state index < -0.39 is 5.91 Å². The first-order valence-corrected chi connectivity index (χ1v) is 7.45. The molecule has 4 N–H and O–H groups in total. The smallest absolute Gasteiger partial charge is 0.271 e. The Hall–Kier alpha value is -1.63. The third-order valence-electron chi connectivity index (χ3n) is 3.51. The summed E-state index contributed by atoms with van der Waals surface area (Å²) >= 11 is 5.30. The topological polar surface area (TPSA) is 85.0 Å². The Morgan fingerprint density at radius 1 is 1.50 bits per heavy atom. The minimum Gasteiger partial charge on any atom is -0.364 e. The van der Waals surface area contributed by atoms with Crippen molar-refractivity contribution in [2.24, 2.45) is 5.73 Å². The van der Waals surface area contributed by atoms with Crippen molar-refractivity contribution < 1.29 is 4.79 Å². The zero-order chi connectivity index (χ0) is 14.5. The quantitative estimate of drug-likeness (QED) is 0.735. The standard InChI is InChI=1S/C13H21N5OS/c1-2-18-8-10(11(17-18)12(14)19)16-13(20)15-9-6-4-3-5-7-9/h8-9H,2-7H2,1H3,(H2,14,19)(H2,15,16,20). The predicted octanol–water partition coefficient (Wildman–Crippen LogP) is 1.62. The lowest BCUT2D eigenvalue weighted by molar-refractivity contribution is 0.0995. The molecule has 6 nitrogen and oxygen atoms in total. The molecule has 0 radical (unpaired) electrons. The maximum atomic E-state index is 11.4. The van der Waals surface area contributed by atoms with Gasteiger partial charge in [-0.3, -0.25) is 9.48 Å². The molecule has 0 aromatic carbocycles. The van der Waals surface area contributed by atoms with E-state index in [4.69, 9.17) is 18.0 Å². The molecule has 1 aromatic rings. The fourth-order valence-electron chi connectivity index (χ4n) is 2.45. The Morgan fingerprint density at radius 3 is 2.80 bits per heavy atom. The first-order chi connectivity index (χ1) is 9.60. The monoisotopic (exact) mass is 295 g/mol. The van der Waals surface area contributed by atoms with E-state index in [1.165, 1.54) is 19.3 Å². The van der Waals surface area contributed by atoms with Crippen molar-refractivity contribution in [3.8, 4) is 0 Å². The molecular formula is C13H21N5OS. The van der Waals surface area contributed by atoms with Crippen LogP contribution in [0, 0.1) is 0 Å². The summed E-state index contributed by atoms with van der Waals surface area (Å²) in [5.74, 6) is -0.555. The Bertz CT molecular complexity index is 493. The second kappa shape index (κ2) is 6.69. The number of nitrogens with two attached hydrogens (primary N) is 1. The zero-order valence-corrected chi connectivity index (χ0v) is 12.5. The zero-order valence-electron chi connectivity index (χ0n) is 11.7. The molecule has 1 aliphatic rings. The fourth-order valence-corrected chi connectivity index (χ4v) is 2.72. The largest absolute Gasteiger partial charge is 0.364 e. The number of amides is 1. The summed E-state index contributed by atoms with van der Waals surface area (Å²) in [6.07, 6.45) is 7.79. The molecule has 0 saturated heterocycles. The van der Waals surface area contributed by atoms with Gasteiger partial charge in [-0.1, -0.05) is 19.3 Å². The highest BCUT2D eigenvalue weighted by molar-refractivity contribution is 7.80. The van der Waals surface area contributed by atoms with Crippen LogP contribution in [0.1, 0.15) is 49.5 Å². The molecule has 0 aliphatic heterocycles. The SMILES string of the molecule is CCn1cc(NC(=S)NC2CCCCC2)c(C(N)=O)n1. The molecule has 110 valence electrons. The fraction of sp³-hybridized carbons (Fsp3) is 0.615. The molecule has 1 aromatic heterocycles. The van der Waals surface area contributed by atoms with E-state index in [2.05, 4.69) is 15.7 Å². The van der Waals surface area contributed by atoms with Gasteiger partial charge < -0.3 is 16.4 Å². The number of hydrogen-bond donors (Lipinski definition) is 3. The third-order valence-corrected chi connectivity index (χ3v) is 3.73. The molecule has 2 rings (SSSR count). The van der Waals surface area contributed by atoms with Crippen LogP contribution in [0.15, 0.2) is 6.20 Å². The molecule has 1 fully saturated rings. The summed E-state index contributed by atoms with van der Waals surface area (Å²) in [7, 11) is 0. The molecule has 7 heteroatoms. The highest BCUT2D eigenvalue weighted by Crippen LogP contribution is 2.18. The van der Waals surface area contributed by atoms with Crippen LogP contribution in [-0.2, 0) is 6.54 Å². The molecule has 1 aliphatic carbocycles. The number of hydrogen-bond acceptors (Lipinski definition) is 3. The van der Waals surface area contributed by atoms with Crippen LogP contribution in [0.4, 0.5) is 5.69 Å². The van der Waals surface area contributed by atoms with Gasteiger partial charge in [-0.15, -0.1) is 0 Å². The number of nitrogens with one attached hydrogen (secondary N) is 2. The first kappa shape index (κ1) is 14.8. The average Bonchev–Trinajstić information content (AvgIpc) is 2.83. The molecule has 0 unspecified atom stereocenters. The molecule has 1 amide bonds. The van der Waals surface area contributed by atoms with Crippen LogP contribution in [0.5, 0.6) is 0 Å². The van der Waals surface area contributed by atoms with Crippen molar-refractivity contribution in [1.29, 1.82) is 0 Å². The number of nitrogens with zero attached hydrogens (tertiary/aromatic N) is 2. The summed E-state index contributed by atoms with van der Waals surface area (Å²) < 4.78 is 1.66. The van der Waals surface area contributed by atoms with Crippen LogP contribution >= 0.6 is 12.2 Å². The minimum absolute atomic E-state index is 0.222. The number of primary amides is 1. The number of rotatable bonds is 4. The maximum absolute atomic E-state index is 11.4. The van der Waals surface area contributed by atoms with Gasteiger partial charge in [0.25, 0.3) is 5.91 Å². The summed E-state index contributed by atoms with van der Waals surface area (Å²) in [5.41, 5.74) is 6.11. The number of anilines is 1. The van der Waals surface area contributed by atoms with Crippen molar-refractivity contribution >= 4 is 28.9 Å². The summed E-state index contributed by atoms with van der Waals surface area (Å²) in [5, 5.41) is 11.0. The van der Waals surface area contributed by atoms with E-state index in [1.54, 1.807) is 10.9 Å². The van der Waals surface area contributed by atoms with Gasteiger partial charge in [-0.25, -0.2) is 0 Å². The van der Waals surface area contributed by atoms with Crippen molar-refractivity contribution in [3.63, 3.8) is 0 Å². The maximum Gasteiger partial charge on any atom is 0.271 e. The van der Waals surface area contributed by atoms with E-state index >= 15 is 0 Å². The van der Waals surface area contributed by atoms with Crippen LogP contribution in [0.3, 0.4) is 0 Å². The molecule has 0 atom stereocenters. The van der Waals surface area contributed by atoms with E-state index in [-0.39, 0.29) is 5.69 Å². The van der Waals surface area contributed by atoms with Crippen LogP contribution in [-0.4, -0.2) is 26.8 Å². The molecule has 0 bridgehead atoms. The van der Waals surface area contributed by atoms with Gasteiger partial charge in [-0.2, -0.15) is 5.10 Å². The Kier molecular flexibility index (Phi) is 4.94. The van der Waals surface area contributed by atoms with Gasteiger partial charge in [0, 0.05) is 18.8 Å². The Morgan fingerprint density at radius 2 is 2.20 bits per heavy atom. The van der Waals surface area contributed by atoms with E-state index in [1.807, 2.05) is 6.92 Å². The van der Waals surface area contributed by atoms with E-state index in [9.17, 15) is 4.79 Å². The molecule has 0 spiro atoms. The number of carbonyl (C=O) groups excluding carboxylic acids is 1. The van der Waals surface area contributed by atoms with Crippen LogP contribution in [0.2, 0.25) is 0 Å². The second-order valence-corrected chi connectivity index (χ2v) is 5.45. The van der Waals surface area contributed by atoms with Gasteiger partial charge in [0.2, 0.25) is 0 Å². The van der Waals surface area contributed by atoms with Gasteiger partial charge in [0.05, 0.1) is 5.69 Å². The lowest BCUT2D eigenvalue weighted by atomic mass is 9.96. The molecule has 1 heterocycles. The van der Waals surface area contributed by atoms with Crippen molar-refractivity contribution in [1.82, 2.24) is 15.1 Å². The van der Waals surface area contributed by atoms with E-state index in [0.29, 0.717) is 23.4 Å². The molecular weight excluding hydrogens is 274 g/mol. The average molecular weight is 295 g/mol. The Balaban J connectivity index is 1.99. The molecule has 1 saturated carbocycles. The minimum atomic E-state index is -0.555. The lowest BCUT2D eigenvalue weighted by Crippen LogP contribution is -2.39. The number of aromatic nitrogens is 2. The summed E-state index contributed by atoms with van der Waals surface area (Å²) in [6.45, 7) is 2.62. The first-order valence-electron chi connectivity index (χ1n) is 7.05. The highest BCUT2D eigenvalue weighted by atomic mass is 32.1. The number of carbonyl (C=O) groups is 1. The number of thiocarbonyl (C=S) groups is 1. The van der Waals surface area contributed by atoms with Gasteiger partial charge >= 0.3 is 0 Å². The van der Waals surface area contributed by atoms with Crippen molar-refractivity contribution in [2.75, 3.05) is 5.32 Å². The van der Waals surface area contributed by atoms with Gasteiger partial charge in [0.1, 0.15) is 0 Å². The van der Waals surface area contributed by atoms with Crippen LogP contribution in [0.25, 0.3) is 0 Å². The predicted molar refractivity (Wildman–Crippen MR) is 82.6 cm³/mol. The normalized spacial score (nSPS) is 15.8. The summed E-state index contributed by atoms with van der Waals surface area (Å²) in [4.78, 5) is 11.4.